The van der Waals surface area contributed by atoms with Crippen LogP contribution in [0.25, 0.3) is 11.0 Å². The first kappa shape index (κ1) is 17.8. The fourth-order valence-corrected chi connectivity index (χ4v) is 2.48. The first-order valence-electron chi connectivity index (χ1n) is 8.23. The Bertz CT molecular complexity index is 853. The number of hydrogen-bond acceptors (Lipinski definition) is 6. The van der Waals surface area contributed by atoms with E-state index in [1.54, 1.807) is 12.3 Å². The quantitative estimate of drug-likeness (QED) is 0.511. The van der Waals surface area contributed by atoms with Crippen molar-refractivity contribution in [3.63, 3.8) is 0 Å². The van der Waals surface area contributed by atoms with Gasteiger partial charge in [0.2, 0.25) is 0 Å². The largest absolute Gasteiger partial charge is 0.445 e. The highest BCUT2D eigenvalue weighted by atomic mass is 16.5. The Balaban J connectivity index is 1.42. The fourth-order valence-electron chi connectivity index (χ4n) is 2.48. The first-order valence-corrected chi connectivity index (χ1v) is 8.23. The Morgan fingerprint density at radius 2 is 2.04 bits per heavy atom. The van der Waals surface area contributed by atoms with Gasteiger partial charge >= 0.3 is 6.09 Å². The van der Waals surface area contributed by atoms with Crippen molar-refractivity contribution in [1.29, 1.82) is 0 Å². The van der Waals surface area contributed by atoms with Crippen LogP contribution in [-0.2, 0) is 11.3 Å². The Labute approximate surface area is 149 Å². The molecule has 0 saturated carbocycles. The molecule has 8 heteroatoms. The number of aromatic amines is 1. The number of aliphatic hydroxyl groups is 2. The highest BCUT2D eigenvalue weighted by Gasteiger charge is 2.19. The molecule has 2 unspecified atom stereocenters. The van der Waals surface area contributed by atoms with Crippen LogP contribution < -0.4 is 5.32 Å². The topological polar surface area (TPSA) is 120 Å². The van der Waals surface area contributed by atoms with E-state index in [0.29, 0.717) is 16.6 Å². The summed E-state index contributed by atoms with van der Waals surface area (Å²) in [5, 5.41) is 29.5. The van der Waals surface area contributed by atoms with Gasteiger partial charge in [-0.05, 0) is 18.1 Å². The zero-order valence-corrected chi connectivity index (χ0v) is 14.0. The van der Waals surface area contributed by atoms with Gasteiger partial charge in [0, 0.05) is 18.3 Å². The SMILES string of the molecule is O=C(NCCC(O)C(O)c1cnc2cn[nH]c2c1)OCc1ccccc1. The van der Waals surface area contributed by atoms with Crippen LogP contribution in [0.4, 0.5) is 4.79 Å². The zero-order chi connectivity index (χ0) is 18.4. The van der Waals surface area contributed by atoms with Crippen LogP contribution in [0, 0.1) is 0 Å². The van der Waals surface area contributed by atoms with E-state index in [9.17, 15) is 15.0 Å². The third-order valence-corrected chi connectivity index (χ3v) is 3.94. The predicted molar refractivity (Wildman–Crippen MR) is 94.1 cm³/mol. The molecule has 0 aliphatic rings. The van der Waals surface area contributed by atoms with Crippen molar-refractivity contribution in [1.82, 2.24) is 20.5 Å². The number of hydrogen-bond donors (Lipinski definition) is 4. The number of H-pyrrole nitrogens is 1. The zero-order valence-electron chi connectivity index (χ0n) is 14.0. The maximum atomic E-state index is 11.7. The summed E-state index contributed by atoms with van der Waals surface area (Å²) in [7, 11) is 0. The van der Waals surface area contributed by atoms with Crippen molar-refractivity contribution >= 4 is 17.1 Å². The number of amides is 1. The Kier molecular flexibility index (Phi) is 5.77. The molecule has 2 aromatic heterocycles. The lowest BCUT2D eigenvalue weighted by atomic mass is 10.0. The van der Waals surface area contributed by atoms with Gasteiger partial charge in [0.05, 0.1) is 17.8 Å². The van der Waals surface area contributed by atoms with Crippen LogP contribution in [0.3, 0.4) is 0 Å². The number of alkyl carbamates (subject to hydrolysis) is 1. The van der Waals surface area contributed by atoms with Gasteiger partial charge in [0.25, 0.3) is 0 Å². The number of pyridine rings is 1. The van der Waals surface area contributed by atoms with Crippen LogP contribution in [0.2, 0.25) is 0 Å². The van der Waals surface area contributed by atoms with Crippen molar-refractivity contribution in [2.24, 2.45) is 0 Å². The van der Waals surface area contributed by atoms with Crippen molar-refractivity contribution in [3.8, 4) is 0 Å². The Hall–Kier alpha value is -2.97. The molecule has 3 rings (SSSR count). The van der Waals surface area contributed by atoms with Crippen LogP contribution >= 0.6 is 0 Å². The molecule has 0 bridgehead atoms. The van der Waals surface area contributed by atoms with Gasteiger partial charge in [0.15, 0.2) is 0 Å². The molecule has 1 amide bonds. The number of rotatable bonds is 7. The molecule has 0 fully saturated rings. The van der Waals surface area contributed by atoms with E-state index in [2.05, 4.69) is 20.5 Å². The van der Waals surface area contributed by atoms with E-state index in [1.807, 2.05) is 30.3 Å². The second kappa shape index (κ2) is 8.41. The van der Waals surface area contributed by atoms with Crippen LogP contribution in [0.15, 0.2) is 48.8 Å². The molecule has 0 spiro atoms. The summed E-state index contributed by atoms with van der Waals surface area (Å²) in [5.74, 6) is 0. The predicted octanol–water partition coefficient (Wildman–Crippen LogP) is 1.67. The number of aliphatic hydroxyl groups excluding tert-OH is 2. The molecule has 1 aromatic carbocycles. The lowest BCUT2D eigenvalue weighted by molar-refractivity contribution is 0.0135. The number of nitrogens with one attached hydrogen (secondary N) is 2. The van der Waals surface area contributed by atoms with Gasteiger partial charge in [-0.15, -0.1) is 0 Å². The maximum absolute atomic E-state index is 11.7. The molecule has 2 atom stereocenters. The van der Waals surface area contributed by atoms with E-state index in [0.717, 1.165) is 5.56 Å². The molecular formula is C18H20N4O4. The normalized spacial score (nSPS) is 13.3. The molecule has 4 N–H and O–H groups in total. The summed E-state index contributed by atoms with van der Waals surface area (Å²) in [5.41, 5.74) is 2.72. The van der Waals surface area contributed by atoms with Crippen LogP contribution in [0.5, 0.6) is 0 Å². The van der Waals surface area contributed by atoms with E-state index in [4.69, 9.17) is 4.74 Å². The number of fused-ring (bicyclic) bond motifs is 1. The summed E-state index contributed by atoms with van der Waals surface area (Å²) in [6.07, 6.45) is 0.503. The summed E-state index contributed by atoms with van der Waals surface area (Å²) >= 11 is 0. The van der Waals surface area contributed by atoms with E-state index in [1.165, 1.54) is 6.20 Å². The van der Waals surface area contributed by atoms with Gasteiger partial charge < -0.3 is 20.3 Å². The van der Waals surface area contributed by atoms with Crippen molar-refractivity contribution in [3.05, 3.63) is 59.9 Å². The first-order chi connectivity index (χ1) is 12.6. The number of ether oxygens (including phenoxy) is 1. The fraction of sp³-hybridized carbons (Fsp3) is 0.278. The molecule has 136 valence electrons. The molecule has 0 aliphatic heterocycles. The number of benzene rings is 1. The van der Waals surface area contributed by atoms with Crippen LogP contribution in [-0.4, -0.2) is 44.1 Å². The lowest BCUT2D eigenvalue weighted by Crippen LogP contribution is -2.29. The number of nitrogens with zero attached hydrogens (tertiary/aromatic N) is 2. The van der Waals surface area contributed by atoms with Gasteiger partial charge in [-0.2, -0.15) is 5.10 Å². The van der Waals surface area contributed by atoms with E-state index < -0.39 is 18.3 Å². The molecule has 0 saturated heterocycles. The van der Waals surface area contributed by atoms with Crippen LogP contribution in [0.1, 0.15) is 23.7 Å². The molecule has 2 heterocycles. The third-order valence-electron chi connectivity index (χ3n) is 3.94. The highest BCUT2D eigenvalue weighted by Crippen LogP contribution is 2.20. The van der Waals surface area contributed by atoms with Gasteiger partial charge in [-0.25, -0.2) is 4.79 Å². The maximum Gasteiger partial charge on any atom is 0.407 e. The van der Waals surface area contributed by atoms with Gasteiger partial charge in [-0.1, -0.05) is 30.3 Å². The summed E-state index contributed by atoms with van der Waals surface area (Å²) < 4.78 is 5.08. The monoisotopic (exact) mass is 356 g/mol. The average Bonchev–Trinajstić information content (AvgIpc) is 3.14. The minimum atomic E-state index is -1.11. The number of aromatic nitrogens is 3. The molecule has 8 nitrogen and oxygen atoms in total. The second-order valence-electron chi connectivity index (χ2n) is 5.86. The molecule has 3 aromatic rings. The Morgan fingerprint density at radius 1 is 1.23 bits per heavy atom. The average molecular weight is 356 g/mol. The second-order valence-corrected chi connectivity index (χ2v) is 5.86. The van der Waals surface area contributed by atoms with Crippen molar-refractivity contribution < 1.29 is 19.7 Å². The molecular weight excluding hydrogens is 336 g/mol. The summed E-state index contributed by atoms with van der Waals surface area (Å²) in [6, 6.07) is 11.0. The minimum Gasteiger partial charge on any atom is -0.445 e. The molecule has 0 radical (unpaired) electrons. The number of carbonyl (C=O) groups is 1. The molecule has 26 heavy (non-hydrogen) atoms. The minimum absolute atomic E-state index is 0.169. The molecule has 0 aliphatic carbocycles. The Morgan fingerprint density at radius 3 is 2.85 bits per heavy atom. The smallest absolute Gasteiger partial charge is 0.407 e. The van der Waals surface area contributed by atoms with Crippen molar-refractivity contribution in [2.45, 2.75) is 25.2 Å². The van der Waals surface area contributed by atoms with E-state index in [-0.39, 0.29) is 19.6 Å². The lowest BCUT2D eigenvalue weighted by Gasteiger charge is -2.18. The highest BCUT2D eigenvalue weighted by molar-refractivity contribution is 5.73. The van der Waals surface area contributed by atoms with Gasteiger partial charge in [0.1, 0.15) is 18.2 Å². The third kappa shape index (κ3) is 4.56. The summed E-state index contributed by atoms with van der Waals surface area (Å²) in [6.45, 7) is 0.347. The standard InChI is InChI=1S/C18H20N4O4/c23-16(17(24)13-8-14-15(20-9-13)10-21-22-14)6-7-19-18(25)26-11-12-4-2-1-3-5-12/h1-5,8-10,16-17,23-24H,6-7,11H2,(H,19,25)(H,21,22). The van der Waals surface area contributed by atoms with E-state index >= 15 is 0 Å². The summed E-state index contributed by atoms with van der Waals surface area (Å²) in [4.78, 5) is 15.8. The number of carbonyl (C=O) groups excluding carboxylic acids is 1. The van der Waals surface area contributed by atoms with Crippen molar-refractivity contribution in [2.75, 3.05) is 6.54 Å². The van der Waals surface area contributed by atoms with Gasteiger partial charge in [-0.3, -0.25) is 10.1 Å².